The first kappa shape index (κ1) is 28.4. The van der Waals surface area contributed by atoms with E-state index in [-0.39, 0.29) is 24.0 Å². The van der Waals surface area contributed by atoms with Crippen LogP contribution in [0.2, 0.25) is 0 Å². The van der Waals surface area contributed by atoms with Crippen LogP contribution >= 0.6 is 0 Å². The fourth-order valence-corrected chi connectivity index (χ4v) is 4.42. The molecule has 0 aliphatic rings. The van der Waals surface area contributed by atoms with Crippen molar-refractivity contribution in [1.82, 2.24) is 9.97 Å². The van der Waals surface area contributed by atoms with Crippen LogP contribution in [-0.2, 0) is 19.0 Å². The van der Waals surface area contributed by atoms with E-state index >= 15 is 4.39 Å². The van der Waals surface area contributed by atoms with E-state index in [1.165, 1.54) is 19.3 Å². The second kappa shape index (κ2) is 12.5. The van der Waals surface area contributed by atoms with E-state index in [2.05, 4.69) is 16.9 Å². The number of aromatic nitrogens is 2. The fourth-order valence-electron chi connectivity index (χ4n) is 4.42. The van der Waals surface area contributed by atoms with Gasteiger partial charge in [-0.25, -0.2) is 23.1 Å². The molecule has 0 aliphatic heterocycles. The molecule has 0 saturated heterocycles. The minimum Gasteiger partial charge on any atom is -0.490 e. The number of rotatable bonds is 11. The number of nitrogens with zero attached hydrogens (tertiary/aromatic N) is 2. The van der Waals surface area contributed by atoms with Gasteiger partial charge in [-0.15, -0.1) is 0 Å². The lowest BCUT2D eigenvalue weighted by atomic mass is 9.98. The minimum atomic E-state index is -5.13. The topological polar surface area (TPSA) is 35.0 Å². The van der Waals surface area contributed by atoms with Gasteiger partial charge >= 0.3 is 6.18 Å². The number of benzene rings is 3. The van der Waals surface area contributed by atoms with E-state index in [1.54, 1.807) is 42.7 Å². The molecule has 206 valence electrons. The number of halogens is 6. The van der Waals surface area contributed by atoms with E-state index in [4.69, 9.17) is 4.74 Å². The molecular weight excluding hydrogens is 518 g/mol. The van der Waals surface area contributed by atoms with Gasteiger partial charge < -0.3 is 4.74 Å². The number of unbranched alkanes of at least 4 members (excludes halogenated alkanes) is 4. The molecule has 9 heteroatoms. The fraction of sp³-hybridized carbons (Fsp3) is 0.333. The molecule has 3 aromatic carbocycles. The summed E-state index contributed by atoms with van der Waals surface area (Å²) in [5.41, 5.74) is -0.948. The van der Waals surface area contributed by atoms with Crippen molar-refractivity contribution >= 4 is 10.8 Å². The van der Waals surface area contributed by atoms with Crippen LogP contribution in [0.15, 0.2) is 54.9 Å². The van der Waals surface area contributed by atoms with Gasteiger partial charge in [0.2, 0.25) is 0 Å². The molecule has 1 aromatic heterocycles. The maximum Gasteiger partial charge on any atom is 0.422 e. The molecule has 0 bridgehead atoms. The average molecular weight is 547 g/mol. The summed E-state index contributed by atoms with van der Waals surface area (Å²) in [6.45, 7) is 2.77. The Morgan fingerprint density at radius 2 is 1.49 bits per heavy atom. The number of ether oxygens (including phenoxy) is 1. The van der Waals surface area contributed by atoms with Crippen molar-refractivity contribution in [1.29, 1.82) is 0 Å². The first-order valence-corrected chi connectivity index (χ1v) is 12.9. The van der Waals surface area contributed by atoms with Gasteiger partial charge in [-0.05, 0) is 54.0 Å². The summed E-state index contributed by atoms with van der Waals surface area (Å²) in [6.07, 6.45) is 3.79. The van der Waals surface area contributed by atoms with Gasteiger partial charge in [0.25, 0.3) is 0 Å². The molecule has 0 aliphatic carbocycles. The predicted molar refractivity (Wildman–Crippen MR) is 138 cm³/mol. The van der Waals surface area contributed by atoms with Gasteiger partial charge in [0.1, 0.15) is 23.0 Å². The molecule has 0 fully saturated rings. The standard InChI is InChI=1S/C30H28F6N2O/c1-2-3-4-5-6-13-39-23-17-37-29(38-18-23)22-11-12-24-21(16-22)10-9-20(28(24)33)8-7-19-14-25(31)27(26(32)15-19)30(34,35)36/h9-12,14-18H,2-8,13H2,1H3. The Kier molecular flexibility index (Phi) is 9.09. The minimum absolute atomic E-state index is 0.00825. The van der Waals surface area contributed by atoms with Crippen molar-refractivity contribution in [2.45, 2.75) is 58.0 Å². The van der Waals surface area contributed by atoms with Crippen molar-refractivity contribution in [2.75, 3.05) is 6.61 Å². The smallest absolute Gasteiger partial charge is 0.422 e. The summed E-state index contributed by atoms with van der Waals surface area (Å²) in [5, 5.41) is 0.945. The molecule has 0 radical (unpaired) electrons. The predicted octanol–water partition coefficient (Wildman–Crippen LogP) is 8.87. The summed E-state index contributed by atoms with van der Waals surface area (Å²) >= 11 is 0. The first-order valence-electron chi connectivity index (χ1n) is 12.9. The zero-order valence-corrected chi connectivity index (χ0v) is 21.4. The number of aryl methyl sites for hydroxylation is 2. The van der Waals surface area contributed by atoms with Crippen LogP contribution in [0.25, 0.3) is 22.2 Å². The highest BCUT2D eigenvalue weighted by molar-refractivity contribution is 5.87. The molecule has 1 heterocycles. The second-order valence-electron chi connectivity index (χ2n) is 9.41. The molecule has 0 unspecified atom stereocenters. The SMILES string of the molecule is CCCCCCCOc1cnc(-c2ccc3c(F)c(CCc4cc(F)c(C(F)(F)F)c(F)c4)ccc3c2)nc1. The zero-order chi connectivity index (χ0) is 28.0. The van der Waals surface area contributed by atoms with E-state index in [0.29, 0.717) is 46.6 Å². The van der Waals surface area contributed by atoms with Crippen LogP contribution in [0.4, 0.5) is 26.3 Å². The van der Waals surface area contributed by atoms with Crippen molar-refractivity contribution in [2.24, 2.45) is 0 Å². The monoisotopic (exact) mass is 546 g/mol. The third kappa shape index (κ3) is 7.07. The molecule has 0 saturated carbocycles. The van der Waals surface area contributed by atoms with Crippen molar-refractivity contribution in [3.8, 4) is 17.1 Å². The summed E-state index contributed by atoms with van der Waals surface area (Å²) in [7, 11) is 0. The van der Waals surface area contributed by atoms with Gasteiger partial charge in [0.05, 0.1) is 19.0 Å². The molecule has 0 spiro atoms. The molecular formula is C30H28F6N2O. The number of hydrogen-bond donors (Lipinski definition) is 0. The number of fused-ring (bicyclic) bond motifs is 1. The first-order chi connectivity index (χ1) is 18.7. The molecule has 39 heavy (non-hydrogen) atoms. The lowest BCUT2D eigenvalue weighted by Crippen LogP contribution is -2.12. The van der Waals surface area contributed by atoms with E-state index < -0.39 is 29.2 Å². The maximum atomic E-state index is 15.2. The van der Waals surface area contributed by atoms with Crippen molar-refractivity contribution in [3.63, 3.8) is 0 Å². The third-order valence-corrected chi connectivity index (χ3v) is 6.51. The molecule has 4 rings (SSSR count). The Morgan fingerprint density at radius 1 is 0.795 bits per heavy atom. The molecule has 4 aromatic rings. The van der Waals surface area contributed by atoms with Gasteiger partial charge in [-0.1, -0.05) is 56.9 Å². The molecule has 0 amide bonds. The molecule has 3 nitrogen and oxygen atoms in total. The van der Waals surface area contributed by atoms with Gasteiger partial charge in [-0.3, -0.25) is 0 Å². The Bertz CT molecular complexity index is 1400. The van der Waals surface area contributed by atoms with Crippen molar-refractivity contribution in [3.05, 3.63) is 89.0 Å². The summed E-state index contributed by atoms with van der Waals surface area (Å²) in [5.74, 6) is -2.83. The quantitative estimate of drug-likeness (QED) is 0.139. The Labute approximate surface area is 222 Å². The zero-order valence-electron chi connectivity index (χ0n) is 21.4. The van der Waals surface area contributed by atoms with Gasteiger partial charge in [0.15, 0.2) is 11.6 Å². The van der Waals surface area contributed by atoms with Crippen LogP contribution in [0.3, 0.4) is 0 Å². The highest BCUT2D eigenvalue weighted by atomic mass is 19.4. The Balaban J connectivity index is 1.42. The lowest BCUT2D eigenvalue weighted by molar-refractivity contribution is -0.142. The lowest BCUT2D eigenvalue weighted by Gasteiger charge is -2.12. The summed E-state index contributed by atoms with van der Waals surface area (Å²) in [4.78, 5) is 8.72. The van der Waals surface area contributed by atoms with E-state index in [1.807, 2.05) is 0 Å². The van der Waals surface area contributed by atoms with Crippen LogP contribution in [0.1, 0.15) is 55.7 Å². The number of alkyl halides is 3. The molecule has 0 N–H and O–H groups in total. The van der Waals surface area contributed by atoms with E-state index in [9.17, 15) is 22.0 Å². The van der Waals surface area contributed by atoms with Crippen molar-refractivity contribution < 1.29 is 31.1 Å². The van der Waals surface area contributed by atoms with Crippen LogP contribution in [0.5, 0.6) is 5.75 Å². The van der Waals surface area contributed by atoms with Crippen LogP contribution in [-0.4, -0.2) is 16.6 Å². The second-order valence-corrected chi connectivity index (χ2v) is 9.41. The van der Waals surface area contributed by atoms with Gasteiger partial charge in [-0.2, -0.15) is 13.2 Å². The highest BCUT2D eigenvalue weighted by Crippen LogP contribution is 2.34. The summed E-state index contributed by atoms with van der Waals surface area (Å²) < 4.78 is 87.0. The maximum absolute atomic E-state index is 15.2. The van der Waals surface area contributed by atoms with Gasteiger partial charge in [0, 0.05) is 10.9 Å². The molecule has 0 atom stereocenters. The summed E-state index contributed by atoms with van der Waals surface area (Å²) in [6, 6.07) is 9.59. The van der Waals surface area contributed by atoms with E-state index in [0.717, 1.165) is 12.8 Å². The Morgan fingerprint density at radius 3 is 2.15 bits per heavy atom. The highest BCUT2D eigenvalue weighted by Gasteiger charge is 2.37. The number of hydrogen-bond acceptors (Lipinski definition) is 3. The average Bonchev–Trinajstić information content (AvgIpc) is 2.89. The Hall–Kier alpha value is -3.62. The van der Waals surface area contributed by atoms with Crippen LogP contribution < -0.4 is 4.74 Å². The largest absolute Gasteiger partial charge is 0.490 e. The third-order valence-electron chi connectivity index (χ3n) is 6.51. The normalized spacial score (nSPS) is 11.8. The van der Waals surface area contributed by atoms with Crippen LogP contribution in [0, 0.1) is 17.5 Å².